The number of hydrogen-bond acceptors (Lipinski definition) is 1. The zero-order chi connectivity index (χ0) is 14.6. The van der Waals surface area contributed by atoms with Crippen molar-refractivity contribution < 1.29 is 4.43 Å². The minimum atomic E-state index is -1.63. The molecule has 0 aromatic carbocycles. The van der Waals surface area contributed by atoms with E-state index in [0.717, 1.165) is 12.0 Å². The van der Waals surface area contributed by atoms with Crippen LogP contribution in [0.2, 0.25) is 18.1 Å². The average molecular weight is 269 g/mol. The van der Waals surface area contributed by atoms with Crippen molar-refractivity contribution in [2.24, 2.45) is 5.92 Å². The summed E-state index contributed by atoms with van der Waals surface area (Å²) in [4.78, 5) is 0. The van der Waals surface area contributed by atoms with Gasteiger partial charge in [0.25, 0.3) is 0 Å². The summed E-state index contributed by atoms with van der Waals surface area (Å²) in [6.45, 7) is 21.9. The van der Waals surface area contributed by atoms with Crippen LogP contribution < -0.4 is 0 Å². The molecule has 0 fully saturated rings. The summed E-state index contributed by atoms with van der Waals surface area (Å²) >= 11 is 0. The average Bonchev–Trinajstić information content (AvgIpc) is 2.14. The van der Waals surface area contributed by atoms with Crippen molar-refractivity contribution in [3.63, 3.8) is 0 Å². The summed E-state index contributed by atoms with van der Waals surface area (Å²) < 4.78 is 6.40. The molecule has 0 radical (unpaired) electrons. The minimum absolute atomic E-state index is 0.286. The Labute approximate surface area is 115 Å². The molecule has 18 heavy (non-hydrogen) atoms. The topological polar surface area (TPSA) is 9.23 Å². The second kappa shape index (κ2) is 6.72. The van der Waals surface area contributed by atoms with Gasteiger partial charge in [0.05, 0.1) is 0 Å². The molecule has 0 rings (SSSR count). The molecule has 0 amide bonds. The lowest BCUT2D eigenvalue weighted by atomic mass is 10.0. The van der Waals surface area contributed by atoms with Gasteiger partial charge in [-0.05, 0) is 44.3 Å². The largest absolute Gasteiger partial charge is 0.414 e. The molecule has 0 aliphatic rings. The molecule has 0 N–H and O–H groups in total. The SMILES string of the molecule is C=C(C)/C=C\CC(C)C(C)O[Si](C)(C)C(C)(C)C. The Kier molecular flexibility index (Phi) is 6.59. The molecule has 1 nitrogen and oxygen atoms in total. The minimum Gasteiger partial charge on any atom is -0.414 e. The Morgan fingerprint density at radius 3 is 2.17 bits per heavy atom. The van der Waals surface area contributed by atoms with Gasteiger partial charge >= 0.3 is 0 Å². The van der Waals surface area contributed by atoms with Gasteiger partial charge in [-0.15, -0.1) is 0 Å². The van der Waals surface area contributed by atoms with E-state index < -0.39 is 8.32 Å². The molecule has 0 aromatic rings. The van der Waals surface area contributed by atoms with Gasteiger partial charge < -0.3 is 4.43 Å². The molecular formula is C16H32OSi. The summed E-state index contributed by atoms with van der Waals surface area (Å²) in [7, 11) is -1.63. The zero-order valence-corrected chi connectivity index (χ0v) is 14.6. The predicted molar refractivity (Wildman–Crippen MR) is 85.5 cm³/mol. The molecule has 2 heteroatoms. The van der Waals surface area contributed by atoms with E-state index in [1.165, 1.54) is 0 Å². The number of hydrogen-bond donors (Lipinski definition) is 0. The highest BCUT2D eigenvalue weighted by atomic mass is 28.4. The predicted octanol–water partition coefficient (Wildman–Crippen LogP) is 5.56. The monoisotopic (exact) mass is 268 g/mol. The van der Waals surface area contributed by atoms with Crippen LogP contribution in [-0.2, 0) is 4.43 Å². The summed E-state index contributed by atoms with van der Waals surface area (Å²) in [5.41, 5.74) is 1.11. The highest BCUT2D eigenvalue weighted by Crippen LogP contribution is 2.38. The normalized spacial score (nSPS) is 16.9. The van der Waals surface area contributed by atoms with Crippen molar-refractivity contribution in [2.45, 2.75) is 72.2 Å². The van der Waals surface area contributed by atoms with Crippen LogP contribution in [0.15, 0.2) is 24.3 Å². The van der Waals surface area contributed by atoms with Crippen molar-refractivity contribution in [3.8, 4) is 0 Å². The van der Waals surface area contributed by atoms with Crippen LogP contribution in [-0.4, -0.2) is 14.4 Å². The quantitative estimate of drug-likeness (QED) is 0.453. The smallest absolute Gasteiger partial charge is 0.192 e. The first kappa shape index (κ1) is 17.7. The molecule has 0 aliphatic heterocycles. The van der Waals surface area contributed by atoms with E-state index in [2.05, 4.69) is 66.4 Å². The van der Waals surface area contributed by atoms with Crippen LogP contribution in [0, 0.1) is 5.92 Å². The maximum Gasteiger partial charge on any atom is 0.192 e. The van der Waals surface area contributed by atoms with E-state index in [1.54, 1.807) is 0 Å². The fourth-order valence-electron chi connectivity index (χ4n) is 1.43. The van der Waals surface area contributed by atoms with Crippen molar-refractivity contribution in [1.29, 1.82) is 0 Å². The molecule has 0 heterocycles. The standard InChI is InChI=1S/C16H32OSi/c1-13(2)11-10-12-14(3)15(4)17-18(8,9)16(5,6)7/h10-11,14-15H,1,12H2,2-9H3/b11-10-. The number of allylic oxidation sites excluding steroid dienone is 3. The Morgan fingerprint density at radius 1 is 1.28 bits per heavy atom. The van der Waals surface area contributed by atoms with E-state index in [4.69, 9.17) is 4.43 Å². The second-order valence-corrected chi connectivity index (χ2v) is 11.8. The molecule has 0 saturated carbocycles. The first-order chi connectivity index (χ1) is 7.97. The van der Waals surface area contributed by atoms with Gasteiger partial charge in [-0.2, -0.15) is 0 Å². The molecule has 2 unspecified atom stereocenters. The lowest BCUT2D eigenvalue weighted by Crippen LogP contribution is -2.44. The lowest BCUT2D eigenvalue weighted by molar-refractivity contribution is 0.144. The Balaban J connectivity index is 4.40. The van der Waals surface area contributed by atoms with Gasteiger partial charge in [-0.1, -0.05) is 52.0 Å². The highest BCUT2D eigenvalue weighted by molar-refractivity contribution is 6.74. The van der Waals surface area contributed by atoms with E-state index in [9.17, 15) is 0 Å². The van der Waals surface area contributed by atoms with Crippen LogP contribution in [0.5, 0.6) is 0 Å². The molecule has 2 atom stereocenters. The Morgan fingerprint density at radius 2 is 1.78 bits per heavy atom. The third kappa shape index (κ3) is 6.01. The molecule has 0 aliphatic carbocycles. The Hall–Kier alpha value is -0.343. The molecule has 0 saturated heterocycles. The van der Waals surface area contributed by atoms with E-state index in [-0.39, 0.29) is 5.04 Å². The summed E-state index contributed by atoms with van der Waals surface area (Å²) in [5.74, 6) is 0.551. The second-order valence-electron chi connectivity index (χ2n) is 7.04. The lowest BCUT2D eigenvalue weighted by Gasteiger charge is -2.39. The van der Waals surface area contributed by atoms with Gasteiger partial charge in [-0.3, -0.25) is 0 Å². The van der Waals surface area contributed by atoms with Crippen molar-refractivity contribution >= 4 is 8.32 Å². The van der Waals surface area contributed by atoms with Crippen LogP contribution in [0.4, 0.5) is 0 Å². The molecule has 0 spiro atoms. The van der Waals surface area contributed by atoms with Gasteiger partial charge in [0.15, 0.2) is 8.32 Å². The van der Waals surface area contributed by atoms with E-state index in [0.29, 0.717) is 12.0 Å². The van der Waals surface area contributed by atoms with Gasteiger partial charge in [-0.25, -0.2) is 0 Å². The fraction of sp³-hybridized carbons (Fsp3) is 0.750. The van der Waals surface area contributed by atoms with E-state index in [1.807, 2.05) is 6.92 Å². The van der Waals surface area contributed by atoms with Crippen LogP contribution in [0.3, 0.4) is 0 Å². The van der Waals surface area contributed by atoms with Gasteiger partial charge in [0, 0.05) is 6.10 Å². The number of rotatable bonds is 6. The van der Waals surface area contributed by atoms with Crippen LogP contribution in [0.1, 0.15) is 48.0 Å². The van der Waals surface area contributed by atoms with Crippen LogP contribution in [0.25, 0.3) is 0 Å². The van der Waals surface area contributed by atoms with Gasteiger partial charge in [0.2, 0.25) is 0 Å². The molecule has 0 aromatic heterocycles. The first-order valence-corrected chi connectivity index (χ1v) is 9.88. The molecular weight excluding hydrogens is 236 g/mol. The maximum absolute atomic E-state index is 6.40. The third-order valence-electron chi connectivity index (χ3n) is 4.00. The van der Waals surface area contributed by atoms with Crippen LogP contribution >= 0.6 is 0 Å². The summed E-state index contributed by atoms with van der Waals surface area (Å²) in [6.07, 6.45) is 5.68. The fourth-order valence-corrected chi connectivity index (χ4v) is 2.95. The summed E-state index contributed by atoms with van der Waals surface area (Å²) in [5, 5.41) is 0.286. The van der Waals surface area contributed by atoms with E-state index >= 15 is 0 Å². The third-order valence-corrected chi connectivity index (χ3v) is 8.57. The maximum atomic E-state index is 6.40. The molecule has 0 bridgehead atoms. The van der Waals surface area contributed by atoms with Crippen molar-refractivity contribution in [2.75, 3.05) is 0 Å². The molecule has 106 valence electrons. The highest BCUT2D eigenvalue weighted by Gasteiger charge is 2.38. The summed E-state index contributed by atoms with van der Waals surface area (Å²) in [6, 6.07) is 0. The zero-order valence-electron chi connectivity index (χ0n) is 13.6. The van der Waals surface area contributed by atoms with Gasteiger partial charge in [0.1, 0.15) is 0 Å². The Bertz CT molecular complexity index is 297. The first-order valence-electron chi connectivity index (χ1n) is 6.97. The van der Waals surface area contributed by atoms with Crippen molar-refractivity contribution in [3.05, 3.63) is 24.3 Å². The van der Waals surface area contributed by atoms with Crippen molar-refractivity contribution in [1.82, 2.24) is 0 Å².